The van der Waals surface area contributed by atoms with E-state index in [1.807, 2.05) is 24.3 Å². The van der Waals surface area contributed by atoms with Crippen molar-refractivity contribution >= 4 is 37.0 Å². The molecule has 4 aliphatic carbocycles. The van der Waals surface area contributed by atoms with Gasteiger partial charge >= 0.3 is 120 Å². The van der Waals surface area contributed by atoms with Crippen LogP contribution in [0.1, 0.15) is 113 Å². The van der Waals surface area contributed by atoms with E-state index in [1.165, 1.54) is 46.3 Å². The second-order valence-corrected chi connectivity index (χ2v) is 20.8. The van der Waals surface area contributed by atoms with Crippen LogP contribution in [-0.2, 0) is 13.5 Å². The van der Waals surface area contributed by atoms with E-state index in [0.717, 1.165) is 4.11 Å². The molecule has 3 fully saturated rings. The summed E-state index contributed by atoms with van der Waals surface area (Å²) in [6.07, 6.45) is 25.9. The monoisotopic (exact) mass is 673 g/mol. The maximum atomic E-state index is 6.19. The molecule has 0 bridgehead atoms. The molecule has 0 heterocycles. The Morgan fingerprint density at radius 1 is 0.590 bits per heavy atom. The molecule has 0 amide bonds. The summed E-state index contributed by atoms with van der Waals surface area (Å²) in [5.41, 5.74) is 14.3. The second kappa shape index (κ2) is 16.9. The topological polar surface area (TPSA) is 23.8 Å². The predicted molar refractivity (Wildman–Crippen MR) is 175 cm³/mol. The molecule has 216 valence electrons. The molecule has 0 aliphatic heterocycles. The van der Waals surface area contributed by atoms with Gasteiger partial charge in [0.05, 0.1) is 17.0 Å². The number of hydrogen-bond acceptors (Lipinski definition) is 0. The fraction of sp³-hybridized carbons (Fsp3) is 0.559. The molecule has 5 heteroatoms. The molecule has 4 aliphatic rings. The Hall–Kier alpha value is -0.357. The van der Waals surface area contributed by atoms with Gasteiger partial charge in [0.2, 0.25) is 0 Å². The summed E-state index contributed by atoms with van der Waals surface area (Å²) in [5, 5.41) is 0. The normalized spacial score (nSPS) is 20.8. The summed E-state index contributed by atoms with van der Waals surface area (Å²) in [6, 6.07) is 18.7. The molecule has 6 rings (SSSR count). The molecule has 0 aromatic heterocycles. The third-order valence-corrected chi connectivity index (χ3v) is 16.9. The number of benzene rings is 2. The van der Waals surface area contributed by atoms with E-state index < -0.39 is 13.5 Å². The zero-order valence-corrected chi connectivity index (χ0v) is 28.0. The molecular weight excluding hydrogens is 625 g/mol. The molecule has 2 aromatic carbocycles. The first-order chi connectivity index (χ1) is 19.2. The van der Waals surface area contributed by atoms with Gasteiger partial charge in [0.15, 0.2) is 0 Å². The molecule has 0 spiro atoms. The van der Waals surface area contributed by atoms with Crippen molar-refractivity contribution in [3.63, 3.8) is 0 Å². The van der Waals surface area contributed by atoms with Gasteiger partial charge in [-0.3, -0.25) is 0 Å². The molecular formula is C34H48Cl2NPRu. The van der Waals surface area contributed by atoms with Gasteiger partial charge in [-0.05, 0) is 77.0 Å². The molecule has 0 atom stereocenters. The summed E-state index contributed by atoms with van der Waals surface area (Å²) in [4.78, 5) is 0. The number of halogens is 2. The van der Waals surface area contributed by atoms with E-state index in [4.69, 9.17) is 25.1 Å². The van der Waals surface area contributed by atoms with Crippen molar-refractivity contribution in [2.75, 3.05) is 7.05 Å². The minimum atomic E-state index is -1.88. The van der Waals surface area contributed by atoms with Gasteiger partial charge in [0, 0.05) is 7.92 Å². The van der Waals surface area contributed by atoms with E-state index in [0.29, 0.717) is 0 Å². The summed E-state index contributed by atoms with van der Waals surface area (Å²) in [7, 11) is 13.6. The second-order valence-electron chi connectivity index (χ2n) is 11.5. The Kier molecular flexibility index (Phi) is 13.7. The standard InChI is InChI=1S/C18H33P.C15H10.CH4N.2ClH.Ru/c1-4-10-16(11-5-1)19(17-12-6-2-7-13-17)18-14-8-3-9-15-18;1-2-6-12(7-3-1)15-11-10-13-8-4-5-9-14(13)15;1-2;;;/h16-18H,1-15H2;1-9,11H;2H,1H3;2*1H;/q;;-1;;;+2/p-1. The fourth-order valence-electron chi connectivity index (χ4n) is 7.47. The van der Waals surface area contributed by atoms with Crippen LogP contribution < -0.4 is 0 Å². The van der Waals surface area contributed by atoms with Crippen LogP contribution in [0, 0.1) is 0 Å². The summed E-state index contributed by atoms with van der Waals surface area (Å²) < 4.78 is 1.12. The zero-order chi connectivity index (χ0) is 27.5. The van der Waals surface area contributed by atoms with Crippen LogP contribution in [0.25, 0.3) is 11.3 Å². The molecule has 39 heavy (non-hydrogen) atoms. The van der Waals surface area contributed by atoms with Gasteiger partial charge in [0.25, 0.3) is 0 Å². The fourth-order valence-corrected chi connectivity index (χ4v) is 15.2. The van der Waals surface area contributed by atoms with E-state index in [9.17, 15) is 0 Å². The third kappa shape index (κ3) is 8.58. The van der Waals surface area contributed by atoms with Gasteiger partial charge in [-0.15, -0.1) is 0 Å². The van der Waals surface area contributed by atoms with E-state index >= 15 is 0 Å². The third-order valence-electron chi connectivity index (χ3n) is 9.19. The van der Waals surface area contributed by atoms with Gasteiger partial charge in [-0.1, -0.05) is 19.3 Å². The van der Waals surface area contributed by atoms with Crippen LogP contribution >= 0.6 is 27.3 Å². The van der Waals surface area contributed by atoms with Crippen LogP contribution in [0.3, 0.4) is 0 Å². The molecule has 0 unspecified atom stereocenters. The van der Waals surface area contributed by atoms with Crippen molar-refractivity contribution in [1.29, 1.82) is 0 Å². The molecule has 1 nitrogen and oxygen atoms in total. The molecule has 3 saturated carbocycles. The molecule has 0 radical (unpaired) electrons. The summed E-state index contributed by atoms with van der Waals surface area (Å²) in [5.74, 6) is 0. The van der Waals surface area contributed by atoms with Gasteiger partial charge < -0.3 is 5.73 Å². The van der Waals surface area contributed by atoms with Crippen LogP contribution in [0.2, 0.25) is 0 Å². The van der Waals surface area contributed by atoms with Crippen molar-refractivity contribution in [3.8, 4) is 0 Å². The van der Waals surface area contributed by atoms with E-state index in [-0.39, 0.29) is 7.92 Å². The first-order valence-electron chi connectivity index (χ1n) is 15.3. The van der Waals surface area contributed by atoms with E-state index in [1.54, 1.807) is 96.3 Å². The van der Waals surface area contributed by atoms with Crippen LogP contribution in [0.5, 0.6) is 0 Å². The Labute approximate surface area is 252 Å². The first-order valence-corrected chi connectivity index (χ1v) is 22.4. The maximum absolute atomic E-state index is 6.19. The average Bonchev–Trinajstić information content (AvgIpc) is 3.41. The number of hydrogen-bond donors (Lipinski definition) is 0. The van der Waals surface area contributed by atoms with Gasteiger partial charge in [-0.2, -0.15) is 7.05 Å². The Balaban J connectivity index is 0.000000170. The van der Waals surface area contributed by atoms with Crippen LogP contribution in [0.15, 0.2) is 60.7 Å². The zero-order valence-electron chi connectivity index (χ0n) is 23.7. The molecule has 0 saturated heterocycles. The molecule has 1 N–H and O–H groups in total. The van der Waals surface area contributed by atoms with Crippen molar-refractivity contribution < 1.29 is 13.5 Å². The van der Waals surface area contributed by atoms with Gasteiger partial charge in [0.1, 0.15) is 0 Å². The number of fused-ring (bicyclic) bond motifs is 1. The van der Waals surface area contributed by atoms with Crippen molar-refractivity contribution in [2.45, 2.75) is 113 Å². The Morgan fingerprint density at radius 3 is 1.44 bits per heavy atom. The Morgan fingerprint density at radius 2 is 1.00 bits per heavy atom. The Bertz CT molecular complexity index is 1020. The summed E-state index contributed by atoms with van der Waals surface area (Å²) in [6.45, 7) is 0. The number of rotatable bonds is 4. The van der Waals surface area contributed by atoms with Crippen molar-refractivity contribution in [1.82, 2.24) is 0 Å². The quantitative estimate of drug-likeness (QED) is 0.228. The van der Waals surface area contributed by atoms with Gasteiger partial charge in [-0.25, -0.2) is 0 Å². The average molecular weight is 674 g/mol. The number of nitrogens with one attached hydrogen (secondary N) is 1. The van der Waals surface area contributed by atoms with Crippen molar-refractivity contribution in [3.05, 3.63) is 83.1 Å². The van der Waals surface area contributed by atoms with E-state index in [2.05, 4.69) is 36.4 Å². The number of allylic oxidation sites excluding steroid dienone is 1. The SMILES string of the molecule is C1CCC([PH+](C2CCCCC2)C2CCCCC2)CC1.C[NH-].[Cl][Ru]([Cl])=[C]1C=C(c2ccccc2)c2ccccc21. The summed E-state index contributed by atoms with van der Waals surface area (Å²) >= 11 is -1.88. The van der Waals surface area contributed by atoms with Crippen LogP contribution in [0.4, 0.5) is 0 Å². The first kappa shape index (κ1) is 31.6. The predicted octanol–water partition coefficient (Wildman–Crippen LogP) is 11.4. The van der Waals surface area contributed by atoms with Crippen molar-refractivity contribution in [2.24, 2.45) is 0 Å². The minimum absolute atomic E-state index is 0.0465. The molecule has 2 aromatic rings. The van der Waals surface area contributed by atoms with Crippen LogP contribution in [-0.4, -0.2) is 28.1 Å².